The van der Waals surface area contributed by atoms with Gasteiger partial charge in [-0.3, -0.25) is 9.78 Å². The molecule has 4 rings (SSSR count). The van der Waals surface area contributed by atoms with Crippen molar-refractivity contribution < 1.29 is 45.4 Å². The summed E-state index contributed by atoms with van der Waals surface area (Å²) in [5, 5.41) is 2.56. The minimum atomic E-state index is -5.01. The van der Waals surface area contributed by atoms with Crippen molar-refractivity contribution in [1.82, 2.24) is 4.98 Å². The number of aromatic nitrogens is 1. The molecule has 0 bridgehead atoms. The number of hydrogen-bond acceptors (Lipinski definition) is 5. The molecule has 218 valence electrons. The summed E-state index contributed by atoms with van der Waals surface area (Å²) in [6.07, 6.45) is -3.89. The Labute approximate surface area is 235 Å². The van der Waals surface area contributed by atoms with Crippen molar-refractivity contribution in [3.8, 4) is 16.9 Å². The molecule has 1 fully saturated rings. The summed E-state index contributed by atoms with van der Waals surface area (Å²) < 4.78 is 89.2. The molecule has 13 heteroatoms. The van der Waals surface area contributed by atoms with Crippen LogP contribution >= 0.6 is 11.6 Å². The summed E-state index contributed by atoms with van der Waals surface area (Å²) in [5.74, 6) is -6.45. The highest BCUT2D eigenvalue weighted by Crippen LogP contribution is 2.50. The molecule has 1 saturated carbocycles. The summed E-state index contributed by atoms with van der Waals surface area (Å²) in [4.78, 5) is 29.9. The molecule has 0 spiro atoms. The van der Waals surface area contributed by atoms with E-state index in [1.54, 1.807) is 6.92 Å². The predicted octanol–water partition coefficient (Wildman–Crippen LogP) is 7.79. The first-order valence-electron chi connectivity index (χ1n) is 12.4. The molecular formula is C28H23ClF6N2O4. The number of pyridine rings is 1. The van der Waals surface area contributed by atoms with Gasteiger partial charge >= 0.3 is 12.3 Å². The van der Waals surface area contributed by atoms with Gasteiger partial charge in [-0.05, 0) is 44.0 Å². The van der Waals surface area contributed by atoms with Crippen LogP contribution in [-0.2, 0) is 20.9 Å². The lowest BCUT2D eigenvalue weighted by Gasteiger charge is -2.19. The van der Waals surface area contributed by atoms with E-state index >= 15 is 0 Å². The van der Waals surface area contributed by atoms with Gasteiger partial charge in [-0.15, -0.1) is 13.2 Å². The third-order valence-corrected chi connectivity index (χ3v) is 6.89. The molecule has 6 nitrogen and oxygen atoms in total. The molecule has 0 atom stereocenters. The van der Waals surface area contributed by atoms with Crippen molar-refractivity contribution in [3.05, 3.63) is 76.3 Å². The highest BCUT2D eigenvalue weighted by Gasteiger charge is 2.53. The molecule has 1 aliphatic rings. The number of nitrogens with one attached hydrogen (secondary N) is 1. The number of rotatable bonds is 9. The van der Waals surface area contributed by atoms with Gasteiger partial charge in [0.15, 0.2) is 0 Å². The SMILES string of the molecule is CCOC(=O)c1cc(NC(=O)C2(c3ccc(OC(F)(F)F)cc3F)CC2)cc(Cl)c1-c1ccc(C(F)(F)CC)nc1. The van der Waals surface area contributed by atoms with Gasteiger partial charge in [-0.25, -0.2) is 9.18 Å². The maximum Gasteiger partial charge on any atom is 0.573 e. The number of carbonyl (C=O) groups is 2. The highest BCUT2D eigenvalue weighted by atomic mass is 35.5. The zero-order valence-corrected chi connectivity index (χ0v) is 22.4. The number of halogens is 7. The molecular weight excluding hydrogens is 578 g/mol. The van der Waals surface area contributed by atoms with Gasteiger partial charge < -0.3 is 14.8 Å². The number of nitrogens with zero attached hydrogens (tertiary/aromatic N) is 1. The monoisotopic (exact) mass is 600 g/mol. The van der Waals surface area contributed by atoms with Gasteiger partial charge in [0.25, 0.3) is 5.92 Å². The van der Waals surface area contributed by atoms with Gasteiger partial charge in [-0.1, -0.05) is 30.7 Å². The summed E-state index contributed by atoms with van der Waals surface area (Å²) in [6, 6.07) is 7.58. The van der Waals surface area contributed by atoms with Crippen LogP contribution in [0.5, 0.6) is 5.75 Å². The van der Waals surface area contributed by atoms with E-state index in [1.165, 1.54) is 25.1 Å². The third-order valence-electron chi connectivity index (χ3n) is 6.59. The number of amides is 1. The molecule has 2 aromatic carbocycles. The fraction of sp³-hybridized carbons (Fsp3) is 0.321. The third kappa shape index (κ3) is 6.42. The summed E-state index contributed by atoms with van der Waals surface area (Å²) in [6.45, 7) is 2.89. The topological polar surface area (TPSA) is 77.5 Å². The Hall–Kier alpha value is -3.80. The maximum atomic E-state index is 14.8. The highest BCUT2D eigenvalue weighted by molar-refractivity contribution is 6.34. The van der Waals surface area contributed by atoms with Gasteiger partial charge in [0.05, 0.1) is 22.6 Å². The molecule has 0 unspecified atom stereocenters. The number of alkyl halides is 5. The summed E-state index contributed by atoms with van der Waals surface area (Å²) in [7, 11) is 0. The molecule has 0 radical (unpaired) electrons. The molecule has 41 heavy (non-hydrogen) atoms. The van der Waals surface area contributed by atoms with E-state index in [0.717, 1.165) is 24.4 Å². The molecule has 1 aliphatic carbocycles. The fourth-order valence-electron chi connectivity index (χ4n) is 4.36. The van der Waals surface area contributed by atoms with Gasteiger partial charge in [0.1, 0.15) is 17.3 Å². The second-order valence-corrected chi connectivity index (χ2v) is 9.72. The van der Waals surface area contributed by atoms with Gasteiger partial charge in [0, 0.05) is 41.1 Å². The number of carbonyl (C=O) groups excluding carboxylic acids is 2. The lowest BCUT2D eigenvalue weighted by molar-refractivity contribution is -0.274. The smallest absolute Gasteiger partial charge is 0.462 e. The number of ether oxygens (including phenoxy) is 2. The lowest BCUT2D eigenvalue weighted by atomic mass is 9.93. The van der Waals surface area contributed by atoms with Gasteiger partial charge in [-0.2, -0.15) is 8.78 Å². The van der Waals surface area contributed by atoms with Crippen molar-refractivity contribution in [3.63, 3.8) is 0 Å². The zero-order valence-electron chi connectivity index (χ0n) is 21.7. The van der Waals surface area contributed by atoms with Crippen molar-refractivity contribution >= 4 is 29.2 Å². The molecule has 1 amide bonds. The average molecular weight is 601 g/mol. The number of anilines is 1. The zero-order chi connectivity index (χ0) is 30.2. The Bertz CT molecular complexity index is 1470. The quantitative estimate of drug-likeness (QED) is 0.200. The first kappa shape index (κ1) is 30.2. The van der Waals surface area contributed by atoms with Crippen LogP contribution in [0.15, 0.2) is 48.7 Å². The molecule has 3 aromatic rings. The van der Waals surface area contributed by atoms with Crippen LogP contribution in [0.1, 0.15) is 54.7 Å². The minimum absolute atomic E-state index is 0.00280. The molecule has 0 aliphatic heterocycles. The van der Waals surface area contributed by atoms with E-state index < -0.39 is 53.3 Å². The number of hydrogen-bond donors (Lipinski definition) is 1. The van der Waals surface area contributed by atoms with Crippen molar-refractivity contribution in [2.24, 2.45) is 0 Å². The minimum Gasteiger partial charge on any atom is -0.462 e. The van der Waals surface area contributed by atoms with Crippen LogP contribution in [0, 0.1) is 5.82 Å². The Kier molecular flexibility index (Phi) is 8.26. The number of esters is 1. The van der Waals surface area contributed by atoms with Crippen LogP contribution in [0.25, 0.3) is 11.1 Å². The Balaban J connectivity index is 1.65. The van der Waals surface area contributed by atoms with E-state index in [-0.39, 0.29) is 52.4 Å². The van der Waals surface area contributed by atoms with Crippen molar-refractivity contribution in [2.75, 3.05) is 11.9 Å². The Morgan fingerprint density at radius 2 is 1.76 bits per heavy atom. The standard InChI is InChI=1S/C28H23ClF6N2O4/c1-3-27(31,32)22-8-5-15(14-36-22)23-18(24(38)40-4-2)11-16(12-20(23)29)37-25(39)26(9-10-26)19-7-6-17(13-21(19)30)41-28(33,34)35/h5-8,11-14H,3-4,9-10H2,1-2H3,(H,37,39). The van der Waals surface area contributed by atoms with E-state index in [0.29, 0.717) is 6.07 Å². The first-order chi connectivity index (χ1) is 19.2. The predicted molar refractivity (Wildman–Crippen MR) is 137 cm³/mol. The van der Waals surface area contributed by atoms with Crippen LogP contribution in [0.2, 0.25) is 5.02 Å². The molecule has 0 saturated heterocycles. The van der Waals surface area contributed by atoms with E-state index in [1.807, 2.05) is 0 Å². The van der Waals surface area contributed by atoms with Crippen molar-refractivity contribution in [1.29, 1.82) is 0 Å². The van der Waals surface area contributed by atoms with E-state index in [9.17, 15) is 35.9 Å². The maximum absolute atomic E-state index is 14.8. The largest absolute Gasteiger partial charge is 0.573 e. The lowest BCUT2D eigenvalue weighted by Crippen LogP contribution is -2.29. The fourth-order valence-corrected chi connectivity index (χ4v) is 4.69. The van der Waals surface area contributed by atoms with Gasteiger partial charge in [0.2, 0.25) is 5.91 Å². The Morgan fingerprint density at radius 3 is 2.29 bits per heavy atom. The number of benzene rings is 2. The normalized spacial score (nSPS) is 14.4. The van der Waals surface area contributed by atoms with Crippen molar-refractivity contribution in [2.45, 2.75) is 50.8 Å². The summed E-state index contributed by atoms with van der Waals surface area (Å²) >= 11 is 6.50. The van der Waals surface area contributed by atoms with Crippen LogP contribution in [-0.4, -0.2) is 29.8 Å². The first-order valence-corrected chi connectivity index (χ1v) is 12.8. The summed E-state index contributed by atoms with van der Waals surface area (Å²) in [5.41, 5.74) is -1.59. The van der Waals surface area contributed by atoms with E-state index in [2.05, 4.69) is 15.0 Å². The second-order valence-electron chi connectivity index (χ2n) is 9.32. The molecule has 1 heterocycles. The average Bonchev–Trinajstić information content (AvgIpc) is 3.70. The van der Waals surface area contributed by atoms with Crippen LogP contribution < -0.4 is 10.1 Å². The van der Waals surface area contributed by atoms with Crippen LogP contribution in [0.3, 0.4) is 0 Å². The van der Waals surface area contributed by atoms with Crippen LogP contribution in [0.4, 0.5) is 32.0 Å². The van der Waals surface area contributed by atoms with E-state index in [4.69, 9.17) is 16.3 Å². The second kappa shape index (κ2) is 11.2. The molecule has 1 aromatic heterocycles. The molecule has 1 N–H and O–H groups in total. The Morgan fingerprint density at radius 1 is 1.05 bits per heavy atom.